The number of hydrogen-bond acceptors (Lipinski definition) is 0. The third-order valence-corrected chi connectivity index (χ3v) is 4.33. The van der Waals surface area contributed by atoms with Gasteiger partial charge in [0.2, 0.25) is 0 Å². The molecule has 2 heteroatoms. The van der Waals surface area contributed by atoms with E-state index in [0.29, 0.717) is 0 Å². The molecule has 0 aliphatic rings. The van der Waals surface area contributed by atoms with E-state index in [0.717, 1.165) is 28.8 Å². The lowest BCUT2D eigenvalue weighted by molar-refractivity contribution is 0.765. The number of nitrogens with one attached hydrogen (secondary N) is 1. The van der Waals surface area contributed by atoms with Crippen molar-refractivity contribution in [1.29, 1.82) is 0 Å². The molecule has 0 fully saturated rings. The summed E-state index contributed by atoms with van der Waals surface area (Å²) in [6, 6.07) is 6.59. The summed E-state index contributed by atoms with van der Waals surface area (Å²) in [5, 5.41) is 1.94. The predicted octanol–water partition coefficient (Wildman–Crippen LogP) is 6.59. The van der Waals surface area contributed by atoms with E-state index in [1.54, 1.807) is 5.57 Å². The fraction of sp³-hybridized carbons (Fsp3) is 0.444. The maximum Gasteiger partial charge on any atom is 0.0659 e. The molecule has 1 aromatic heterocycles. The Morgan fingerprint density at radius 2 is 1.95 bits per heavy atom. The van der Waals surface area contributed by atoms with Gasteiger partial charge in [-0.25, -0.2) is 0 Å². The zero-order valence-electron chi connectivity index (χ0n) is 12.7. The van der Waals surface area contributed by atoms with E-state index in [2.05, 4.69) is 44.0 Å². The highest BCUT2D eigenvalue weighted by atomic mass is 35.5. The van der Waals surface area contributed by atoms with Crippen LogP contribution in [0.3, 0.4) is 0 Å². The topological polar surface area (TPSA) is 15.8 Å². The molecule has 0 saturated heterocycles. The highest BCUT2D eigenvalue weighted by Gasteiger charge is 2.09. The summed E-state index contributed by atoms with van der Waals surface area (Å²) in [6.07, 6.45) is 7.84. The highest BCUT2D eigenvalue weighted by molar-refractivity contribution is 6.35. The van der Waals surface area contributed by atoms with E-state index in [1.165, 1.54) is 30.4 Å². The summed E-state index contributed by atoms with van der Waals surface area (Å²) in [5.41, 5.74) is 5.54. The number of hydrogen-bond donors (Lipinski definition) is 1. The largest absolute Gasteiger partial charge is 0.360 e. The molecular formula is C18H24ClN. The lowest BCUT2D eigenvalue weighted by atomic mass is 9.92. The molecule has 0 saturated carbocycles. The summed E-state index contributed by atoms with van der Waals surface area (Å²) in [4.78, 5) is 3.20. The van der Waals surface area contributed by atoms with Crippen LogP contribution in [0.15, 0.2) is 30.0 Å². The Kier molecular flexibility index (Phi) is 5.31. The van der Waals surface area contributed by atoms with Gasteiger partial charge in [0.15, 0.2) is 0 Å². The van der Waals surface area contributed by atoms with Gasteiger partial charge in [0.05, 0.1) is 5.02 Å². The number of halogens is 1. The molecule has 0 amide bonds. The minimum atomic E-state index is 0.809. The molecule has 1 aromatic carbocycles. The van der Waals surface area contributed by atoms with Crippen LogP contribution in [0, 0.1) is 0 Å². The summed E-state index contributed by atoms with van der Waals surface area (Å²) >= 11 is 6.24. The molecule has 108 valence electrons. The molecule has 0 radical (unpaired) electrons. The van der Waals surface area contributed by atoms with Gasteiger partial charge < -0.3 is 4.98 Å². The Labute approximate surface area is 127 Å². The van der Waals surface area contributed by atoms with Gasteiger partial charge in [0.1, 0.15) is 0 Å². The number of allylic oxidation sites excluding steroid dienone is 2. The van der Waals surface area contributed by atoms with Crippen LogP contribution >= 0.6 is 11.6 Å². The number of fused-ring (bicyclic) bond motifs is 1. The predicted molar refractivity (Wildman–Crippen MR) is 90.3 cm³/mol. The fourth-order valence-corrected chi connectivity index (χ4v) is 3.07. The molecule has 0 unspecified atom stereocenters. The molecule has 2 aromatic rings. The molecule has 1 N–H and O–H groups in total. The molecular weight excluding hydrogens is 266 g/mol. The minimum Gasteiger partial charge on any atom is -0.360 e. The average Bonchev–Trinajstić information content (AvgIpc) is 2.84. The lowest BCUT2D eigenvalue weighted by Gasteiger charge is -2.13. The molecule has 0 spiro atoms. The van der Waals surface area contributed by atoms with Crippen molar-refractivity contribution < 1.29 is 0 Å². The van der Waals surface area contributed by atoms with Crippen molar-refractivity contribution in [2.45, 2.75) is 52.9 Å². The van der Waals surface area contributed by atoms with Crippen LogP contribution in [0.4, 0.5) is 0 Å². The highest BCUT2D eigenvalue weighted by Crippen LogP contribution is 2.31. The van der Waals surface area contributed by atoms with Crippen LogP contribution < -0.4 is 0 Å². The first-order valence-corrected chi connectivity index (χ1v) is 8.06. The van der Waals surface area contributed by atoms with Crippen LogP contribution in [0.2, 0.25) is 5.02 Å². The van der Waals surface area contributed by atoms with Gasteiger partial charge in [-0.1, -0.05) is 50.4 Å². The van der Waals surface area contributed by atoms with Crippen molar-refractivity contribution in [2.75, 3.05) is 0 Å². The van der Waals surface area contributed by atoms with Crippen LogP contribution in [-0.4, -0.2) is 4.98 Å². The Morgan fingerprint density at radius 3 is 2.60 bits per heavy atom. The van der Waals surface area contributed by atoms with Gasteiger partial charge in [-0.2, -0.15) is 0 Å². The maximum absolute atomic E-state index is 6.24. The first kappa shape index (κ1) is 15.2. The summed E-state index contributed by atoms with van der Waals surface area (Å²) in [7, 11) is 0. The quantitative estimate of drug-likeness (QED) is 0.618. The van der Waals surface area contributed by atoms with Gasteiger partial charge in [-0.3, -0.25) is 0 Å². The second kappa shape index (κ2) is 6.99. The van der Waals surface area contributed by atoms with Gasteiger partial charge in [0, 0.05) is 17.1 Å². The van der Waals surface area contributed by atoms with E-state index < -0.39 is 0 Å². The summed E-state index contributed by atoms with van der Waals surface area (Å²) in [5.74, 6) is 0. The average molecular weight is 290 g/mol. The van der Waals surface area contributed by atoms with Crippen molar-refractivity contribution in [2.24, 2.45) is 0 Å². The van der Waals surface area contributed by atoms with E-state index in [4.69, 9.17) is 11.6 Å². The molecule has 0 atom stereocenters. The Hall–Kier alpha value is -1.21. The summed E-state index contributed by atoms with van der Waals surface area (Å²) in [6.45, 7) is 6.77. The maximum atomic E-state index is 6.24. The molecule has 2 rings (SSSR count). The minimum absolute atomic E-state index is 0.809. The summed E-state index contributed by atoms with van der Waals surface area (Å²) < 4.78 is 0. The van der Waals surface area contributed by atoms with Crippen LogP contribution in [0.1, 0.15) is 58.4 Å². The molecule has 0 bridgehead atoms. The van der Waals surface area contributed by atoms with E-state index in [-0.39, 0.29) is 0 Å². The van der Waals surface area contributed by atoms with Crippen LogP contribution in [0.5, 0.6) is 0 Å². The third kappa shape index (κ3) is 3.09. The van der Waals surface area contributed by atoms with Crippen molar-refractivity contribution in [3.05, 3.63) is 40.6 Å². The van der Waals surface area contributed by atoms with E-state index in [9.17, 15) is 0 Å². The Morgan fingerprint density at radius 1 is 1.15 bits per heavy atom. The van der Waals surface area contributed by atoms with Crippen LogP contribution in [0.25, 0.3) is 16.5 Å². The zero-order chi connectivity index (χ0) is 14.5. The van der Waals surface area contributed by atoms with Crippen molar-refractivity contribution in [3.8, 4) is 0 Å². The second-order valence-corrected chi connectivity index (χ2v) is 5.70. The number of aromatic amines is 1. The smallest absolute Gasteiger partial charge is 0.0659 e. The first-order chi connectivity index (χ1) is 9.71. The van der Waals surface area contributed by atoms with Gasteiger partial charge >= 0.3 is 0 Å². The molecule has 20 heavy (non-hydrogen) atoms. The lowest BCUT2D eigenvalue weighted by Crippen LogP contribution is -1.92. The zero-order valence-corrected chi connectivity index (χ0v) is 13.5. The van der Waals surface area contributed by atoms with Crippen LogP contribution in [-0.2, 0) is 0 Å². The van der Waals surface area contributed by atoms with Gasteiger partial charge in [-0.15, -0.1) is 0 Å². The number of unbranched alkanes of at least 4 members (excludes halogenated alkanes) is 1. The molecule has 0 aliphatic heterocycles. The third-order valence-electron chi connectivity index (χ3n) is 4.02. The number of H-pyrrole nitrogens is 1. The van der Waals surface area contributed by atoms with Crippen molar-refractivity contribution >= 4 is 28.1 Å². The molecule has 1 nitrogen and oxygen atoms in total. The second-order valence-electron chi connectivity index (χ2n) is 5.29. The van der Waals surface area contributed by atoms with Gasteiger partial charge in [-0.05, 0) is 49.0 Å². The van der Waals surface area contributed by atoms with Gasteiger partial charge in [0.25, 0.3) is 0 Å². The standard InChI is InChI=1S/C18H24ClN/c1-4-7-8-13(5-2)15(6-3)14-9-10-18-16(11-14)17(19)12-20-18/h9-12,20H,4-8H2,1-3H3/b15-13+. The number of benzene rings is 1. The number of rotatable bonds is 6. The van der Waals surface area contributed by atoms with Crippen molar-refractivity contribution in [1.82, 2.24) is 4.98 Å². The number of aromatic nitrogens is 1. The Bertz CT molecular complexity index is 607. The van der Waals surface area contributed by atoms with Crippen molar-refractivity contribution in [3.63, 3.8) is 0 Å². The molecule has 1 heterocycles. The monoisotopic (exact) mass is 289 g/mol. The SMILES string of the molecule is CCCC/C(CC)=C(\CC)c1ccc2[nH]cc(Cl)c2c1. The van der Waals surface area contributed by atoms with E-state index in [1.807, 2.05) is 6.20 Å². The first-order valence-electron chi connectivity index (χ1n) is 7.69. The Balaban J connectivity index is 2.46. The van der Waals surface area contributed by atoms with E-state index >= 15 is 0 Å². The fourth-order valence-electron chi connectivity index (χ4n) is 2.86. The molecule has 0 aliphatic carbocycles. The normalized spacial score (nSPS) is 12.8.